The van der Waals surface area contributed by atoms with Crippen molar-refractivity contribution in [3.63, 3.8) is 0 Å². The van der Waals surface area contributed by atoms with Gasteiger partial charge in [-0.15, -0.1) is 0 Å². The molecule has 0 atom stereocenters. The highest BCUT2D eigenvalue weighted by atomic mass is 35.5. The zero-order valence-corrected chi connectivity index (χ0v) is 19.4. The molecule has 0 bridgehead atoms. The number of piperazine rings is 1. The summed E-state index contributed by atoms with van der Waals surface area (Å²) in [6.45, 7) is 7.59. The fraction of sp³-hybridized carbons (Fsp3) is 0.500. The predicted octanol–water partition coefficient (Wildman–Crippen LogP) is 6.89. The summed E-state index contributed by atoms with van der Waals surface area (Å²) >= 11 is 6.51. The highest BCUT2D eigenvalue weighted by Crippen LogP contribution is 2.41. The van der Waals surface area contributed by atoms with Crippen molar-refractivity contribution in [1.29, 1.82) is 0 Å². The molecule has 2 aromatic carbocycles. The first-order valence-corrected chi connectivity index (χ1v) is 12.3. The van der Waals surface area contributed by atoms with Crippen molar-refractivity contribution in [3.05, 3.63) is 53.1 Å². The molecular formula is C26H34ClN3O. The van der Waals surface area contributed by atoms with Crippen molar-refractivity contribution in [2.24, 2.45) is 4.99 Å². The minimum Gasteiger partial charge on any atom is -0.453 e. The third-order valence-corrected chi connectivity index (χ3v) is 6.56. The van der Waals surface area contributed by atoms with Gasteiger partial charge in [0.1, 0.15) is 11.5 Å². The van der Waals surface area contributed by atoms with Gasteiger partial charge in [0.15, 0.2) is 11.5 Å². The Hall–Kier alpha value is -2.04. The van der Waals surface area contributed by atoms with E-state index in [4.69, 9.17) is 21.3 Å². The minimum absolute atomic E-state index is 0.625. The van der Waals surface area contributed by atoms with Crippen LogP contribution in [0, 0.1) is 0 Å². The third-order valence-electron chi connectivity index (χ3n) is 6.26. The van der Waals surface area contributed by atoms with Gasteiger partial charge in [0.25, 0.3) is 0 Å². The number of amidine groups is 1. The van der Waals surface area contributed by atoms with Crippen LogP contribution in [0.5, 0.6) is 11.5 Å². The van der Waals surface area contributed by atoms with E-state index in [0.29, 0.717) is 10.8 Å². The van der Waals surface area contributed by atoms with Crippen LogP contribution in [0.4, 0.5) is 5.69 Å². The van der Waals surface area contributed by atoms with Crippen molar-refractivity contribution >= 4 is 23.1 Å². The van der Waals surface area contributed by atoms with Crippen molar-refractivity contribution < 1.29 is 4.74 Å². The van der Waals surface area contributed by atoms with Crippen LogP contribution in [-0.2, 0) is 0 Å². The van der Waals surface area contributed by atoms with Gasteiger partial charge >= 0.3 is 0 Å². The van der Waals surface area contributed by atoms with Crippen LogP contribution in [0.3, 0.4) is 0 Å². The van der Waals surface area contributed by atoms with E-state index in [9.17, 15) is 0 Å². The van der Waals surface area contributed by atoms with Gasteiger partial charge in [-0.05, 0) is 37.2 Å². The standard InChI is InChI=1S/C26H34ClN3O/c1-2-3-4-5-6-7-10-16-29-17-19-30(20-18-29)26-21-12-11-13-22(27)25(21)31-24-15-9-8-14-23(24)28-26/h8-9,11-15H,2-7,10,16-20H2,1H3. The number of nitrogens with zero attached hydrogens (tertiary/aromatic N) is 3. The molecule has 0 unspecified atom stereocenters. The number of benzene rings is 2. The van der Waals surface area contributed by atoms with Crippen LogP contribution in [0.2, 0.25) is 5.02 Å². The van der Waals surface area contributed by atoms with Crippen LogP contribution in [0.15, 0.2) is 47.5 Å². The van der Waals surface area contributed by atoms with E-state index in [1.54, 1.807) is 0 Å². The van der Waals surface area contributed by atoms with Gasteiger partial charge in [-0.3, -0.25) is 4.90 Å². The zero-order valence-electron chi connectivity index (χ0n) is 18.7. The topological polar surface area (TPSA) is 28.1 Å². The van der Waals surface area contributed by atoms with Crippen molar-refractivity contribution in [1.82, 2.24) is 9.80 Å². The van der Waals surface area contributed by atoms with E-state index in [1.807, 2.05) is 36.4 Å². The van der Waals surface area contributed by atoms with E-state index in [0.717, 1.165) is 49.0 Å². The monoisotopic (exact) mass is 439 g/mol. The Morgan fingerprint density at radius 2 is 1.61 bits per heavy atom. The Morgan fingerprint density at radius 1 is 0.871 bits per heavy atom. The van der Waals surface area contributed by atoms with Gasteiger partial charge in [-0.1, -0.05) is 75.2 Å². The summed E-state index contributed by atoms with van der Waals surface area (Å²) in [5.74, 6) is 2.43. The molecule has 4 rings (SSSR count). The number of rotatable bonds is 8. The predicted molar refractivity (Wildman–Crippen MR) is 130 cm³/mol. The molecule has 5 heteroatoms. The van der Waals surface area contributed by atoms with E-state index in [1.165, 1.54) is 51.5 Å². The molecule has 0 aromatic heterocycles. The van der Waals surface area contributed by atoms with Crippen molar-refractivity contribution in [3.8, 4) is 11.5 Å². The molecule has 0 radical (unpaired) electrons. The number of aliphatic imine (C=N–C) groups is 1. The summed E-state index contributed by atoms with van der Waals surface area (Å²) < 4.78 is 6.19. The smallest absolute Gasteiger partial charge is 0.157 e. The fourth-order valence-electron chi connectivity index (χ4n) is 4.43. The number of unbranched alkanes of at least 4 members (excludes halogenated alkanes) is 6. The molecule has 1 saturated heterocycles. The first-order valence-electron chi connectivity index (χ1n) is 11.9. The second-order valence-corrected chi connectivity index (χ2v) is 8.98. The molecule has 0 aliphatic carbocycles. The molecule has 2 aliphatic rings. The number of ether oxygens (including phenoxy) is 1. The molecule has 0 spiro atoms. The number of hydrogen-bond donors (Lipinski definition) is 0. The molecule has 2 aliphatic heterocycles. The summed E-state index contributed by atoms with van der Waals surface area (Å²) in [6, 6.07) is 13.9. The Bertz CT molecular complexity index is 890. The van der Waals surface area contributed by atoms with Gasteiger partial charge in [-0.25, -0.2) is 4.99 Å². The molecule has 0 N–H and O–H groups in total. The largest absolute Gasteiger partial charge is 0.453 e. The van der Waals surface area contributed by atoms with Crippen LogP contribution < -0.4 is 4.74 Å². The third kappa shape index (κ3) is 5.61. The zero-order chi connectivity index (χ0) is 21.5. The Labute approximate surface area is 191 Å². The average molecular weight is 440 g/mol. The molecule has 31 heavy (non-hydrogen) atoms. The van der Waals surface area contributed by atoms with Crippen LogP contribution >= 0.6 is 11.6 Å². The fourth-order valence-corrected chi connectivity index (χ4v) is 4.64. The average Bonchev–Trinajstić information content (AvgIpc) is 2.97. The lowest BCUT2D eigenvalue weighted by Gasteiger charge is -2.36. The Kier molecular flexibility index (Phi) is 7.87. The molecule has 2 aromatic rings. The first kappa shape index (κ1) is 22.2. The van der Waals surface area contributed by atoms with Crippen molar-refractivity contribution in [2.75, 3.05) is 32.7 Å². The number of hydrogen-bond acceptors (Lipinski definition) is 4. The lowest BCUT2D eigenvalue weighted by atomic mass is 10.1. The lowest BCUT2D eigenvalue weighted by Crippen LogP contribution is -2.49. The van der Waals surface area contributed by atoms with Gasteiger partial charge in [-0.2, -0.15) is 0 Å². The number of para-hydroxylation sites is 3. The molecular weight excluding hydrogens is 406 g/mol. The molecule has 0 amide bonds. The highest BCUT2D eigenvalue weighted by Gasteiger charge is 2.26. The molecule has 1 fully saturated rings. The van der Waals surface area contributed by atoms with Crippen molar-refractivity contribution in [2.45, 2.75) is 51.9 Å². The van der Waals surface area contributed by atoms with E-state index < -0.39 is 0 Å². The van der Waals surface area contributed by atoms with Gasteiger partial charge in [0.2, 0.25) is 0 Å². The quantitative estimate of drug-likeness (QED) is 0.419. The second kappa shape index (κ2) is 11.0. The molecule has 166 valence electrons. The van der Waals surface area contributed by atoms with E-state index in [2.05, 4.69) is 22.8 Å². The Morgan fingerprint density at radius 3 is 2.42 bits per heavy atom. The van der Waals surface area contributed by atoms with Crippen LogP contribution in [0.1, 0.15) is 57.4 Å². The second-order valence-electron chi connectivity index (χ2n) is 8.57. The summed E-state index contributed by atoms with van der Waals surface area (Å²) in [4.78, 5) is 10.0. The first-order chi connectivity index (χ1) is 15.3. The summed E-state index contributed by atoms with van der Waals surface area (Å²) in [7, 11) is 0. The minimum atomic E-state index is 0.625. The number of fused-ring (bicyclic) bond motifs is 2. The van der Waals surface area contributed by atoms with Crippen LogP contribution in [-0.4, -0.2) is 48.4 Å². The Balaban J connectivity index is 1.38. The molecule has 4 nitrogen and oxygen atoms in total. The maximum Gasteiger partial charge on any atom is 0.157 e. The summed E-state index contributed by atoms with van der Waals surface area (Å²) in [6.07, 6.45) is 9.55. The number of halogens is 1. The van der Waals surface area contributed by atoms with Gasteiger partial charge in [0, 0.05) is 26.2 Å². The van der Waals surface area contributed by atoms with E-state index >= 15 is 0 Å². The molecule has 2 heterocycles. The van der Waals surface area contributed by atoms with Crippen LogP contribution in [0.25, 0.3) is 0 Å². The maximum atomic E-state index is 6.51. The van der Waals surface area contributed by atoms with Gasteiger partial charge < -0.3 is 9.64 Å². The van der Waals surface area contributed by atoms with Gasteiger partial charge in [0.05, 0.1) is 10.6 Å². The SMILES string of the molecule is CCCCCCCCCN1CCN(C2=Nc3ccccc3Oc3c(Cl)cccc32)CC1. The maximum absolute atomic E-state index is 6.51. The van der Waals surface area contributed by atoms with E-state index in [-0.39, 0.29) is 0 Å². The summed E-state index contributed by atoms with van der Waals surface area (Å²) in [5, 5.41) is 0.625. The normalized spacial score (nSPS) is 16.2. The molecule has 0 saturated carbocycles. The summed E-state index contributed by atoms with van der Waals surface area (Å²) in [5.41, 5.74) is 1.83. The highest BCUT2D eigenvalue weighted by molar-refractivity contribution is 6.33. The lowest BCUT2D eigenvalue weighted by molar-refractivity contribution is 0.179.